The van der Waals surface area contributed by atoms with Crippen molar-refractivity contribution in [3.8, 4) is 5.75 Å². The van der Waals surface area contributed by atoms with Gasteiger partial charge in [0.05, 0.1) is 12.0 Å². The molecule has 1 N–H and O–H groups in total. The summed E-state index contributed by atoms with van der Waals surface area (Å²) in [5.74, 6) is 0.287. The summed E-state index contributed by atoms with van der Waals surface area (Å²) in [6, 6.07) is 4.94. The standard InChI is InChI=1S/C13H19N3O3/c1-19-13-5-4-11(10-12(13)16(17)18)14-6-9-15-7-2-3-8-15/h4-5,10,14H,2-3,6-9H2,1H3. The molecule has 1 heterocycles. The van der Waals surface area contributed by atoms with Gasteiger partial charge in [-0.05, 0) is 38.1 Å². The van der Waals surface area contributed by atoms with E-state index in [2.05, 4.69) is 10.2 Å². The first-order valence-electron chi connectivity index (χ1n) is 6.49. The van der Waals surface area contributed by atoms with E-state index >= 15 is 0 Å². The number of hydrogen-bond donors (Lipinski definition) is 1. The number of nitro benzene ring substituents is 1. The van der Waals surface area contributed by atoms with Gasteiger partial charge in [-0.25, -0.2) is 0 Å². The molecule has 19 heavy (non-hydrogen) atoms. The lowest BCUT2D eigenvalue weighted by molar-refractivity contribution is -0.385. The van der Waals surface area contributed by atoms with E-state index in [0.717, 1.165) is 31.9 Å². The van der Waals surface area contributed by atoms with E-state index in [1.165, 1.54) is 26.0 Å². The average Bonchev–Trinajstić information content (AvgIpc) is 2.91. The van der Waals surface area contributed by atoms with Gasteiger partial charge in [-0.1, -0.05) is 0 Å². The van der Waals surface area contributed by atoms with Crippen LogP contribution in [0.15, 0.2) is 18.2 Å². The molecule has 0 aliphatic carbocycles. The van der Waals surface area contributed by atoms with Crippen molar-refractivity contribution in [1.29, 1.82) is 0 Å². The number of likely N-dealkylation sites (tertiary alicyclic amines) is 1. The Labute approximate surface area is 112 Å². The molecule has 0 unspecified atom stereocenters. The summed E-state index contributed by atoms with van der Waals surface area (Å²) >= 11 is 0. The highest BCUT2D eigenvalue weighted by molar-refractivity contribution is 5.58. The number of methoxy groups -OCH3 is 1. The molecule has 1 aromatic carbocycles. The van der Waals surface area contributed by atoms with Crippen molar-refractivity contribution in [2.24, 2.45) is 0 Å². The van der Waals surface area contributed by atoms with E-state index in [4.69, 9.17) is 4.74 Å². The molecule has 6 nitrogen and oxygen atoms in total. The third kappa shape index (κ3) is 3.57. The molecule has 0 amide bonds. The van der Waals surface area contributed by atoms with E-state index < -0.39 is 4.92 Å². The predicted octanol–water partition coefficient (Wildman–Crippen LogP) is 2.11. The Kier molecular flexibility index (Phi) is 4.57. The fourth-order valence-corrected chi connectivity index (χ4v) is 2.31. The highest BCUT2D eigenvalue weighted by Crippen LogP contribution is 2.29. The molecule has 0 spiro atoms. The van der Waals surface area contributed by atoms with Crippen molar-refractivity contribution in [2.45, 2.75) is 12.8 Å². The molecule has 0 radical (unpaired) electrons. The van der Waals surface area contributed by atoms with Crippen molar-refractivity contribution in [1.82, 2.24) is 4.90 Å². The maximum Gasteiger partial charge on any atom is 0.312 e. The van der Waals surface area contributed by atoms with E-state index in [1.54, 1.807) is 12.1 Å². The first kappa shape index (κ1) is 13.6. The van der Waals surface area contributed by atoms with Gasteiger partial charge in [-0.2, -0.15) is 0 Å². The highest BCUT2D eigenvalue weighted by Gasteiger charge is 2.15. The first-order valence-corrected chi connectivity index (χ1v) is 6.49. The maximum absolute atomic E-state index is 10.9. The Bertz CT molecular complexity index is 445. The van der Waals surface area contributed by atoms with Crippen LogP contribution in [0.1, 0.15) is 12.8 Å². The van der Waals surface area contributed by atoms with Crippen LogP contribution in [0.2, 0.25) is 0 Å². The summed E-state index contributed by atoms with van der Waals surface area (Å²) < 4.78 is 4.97. The second kappa shape index (κ2) is 6.38. The van der Waals surface area contributed by atoms with Crippen LogP contribution < -0.4 is 10.1 Å². The van der Waals surface area contributed by atoms with E-state index in [-0.39, 0.29) is 11.4 Å². The van der Waals surface area contributed by atoms with Gasteiger partial charge in [0, 0.05) is 24.8 Å². The number of ether oxygens (including phenoxy) is 1. The van der Waals surface area contributed by atoms with Gasteiger partial charge in [0.1, 0.15) is 0 Å². The molecule has 1 fully saturated rings. The van der Waals surface area contributed by atoms with Crippen LogP contribution in [0.25, 0.3) is 0 Å². The van der Waals surface area contributed by atoms with Crippen LogP contribution in [0.3, 0.4) is 0 Å². The minimum absolute atomic E-state index is 0.00586. The fraction of sp³-hybridized carbons (Fsp3) is 0.538. The van der Waals surface area contributed by atoms with E-state index in [1.807, 2.05) is 0 Å². The van der Waals surface area contributed by atoms with Crippen LogP contribution in [-0.4, -0.2) is 43.1 Å². The molecule has 0 bridgehead atoms. The number of nitrogens with zero attached hydrogens (tertiary/aromatic N) is 2. The summed E-state index contributed by atoms with van der Waals surface area (Å²) in [4.78, 5) is 12.9. The predicted molar refractivity (Wildman–Crippen MR) is 73.8 cm³/mol. The molecule has 0 saturated carbocycles. The van der Waals surface area contributed by atoms with Crippen LogP contribution >= 0.6 is 0 Å². The van der Waals surface area contributed by atoms with Crippen LogP contribution in [-0.2, 0) is 0 Å². The third-order valence-electron chi connectivity index (χ3n) is 3.33. The monoisotopic (exact) mass is 265 g/mol. The number of nitro groups is 1. The fourth-order valence-electron chi connectivity index (χ4n) is 2.31. The zero-order valence-corrected chi connectivity index (χ0v) is 11.1. The van der Waals surface area contributed by atoms with Gasteiger partial charge in [-0.15, -0.1) is 0 Å². The molecule has 0 aromatic heterocycles. The Hall–Kier alpha value is -1.82. The van der Waals surface area contributed by atoms with Crippen molar-refractivity contribution in [3.63, 3.8) is 0 Å². The summed E-state index contributed by atoms with van der Waals surface area (Å²) in [5.41, 5.74) is 0.750. The SMILES string of the molecule is COc1ccc(NCCN2CCCC2)cc1[N+](=O)[O-]. The van der Waals surface area contributed by atoms with Crippen LogP contribution in [0.5, 0.6) is 5.75 Å². The normalized spacial score (nSPS) is 15.4. The van der Waals surface area contributed by atoms with Gasteiger partial charge in [0.25, 0.3) is 0 Å². The van der Waals surface area contributed by atoms with Gasteiger partial charge in [0.15, 0.2) is 5.75 Å². The van der Waals surface area contributed by atoms with Crippen LogP contribution in [0.4, 0.5) is 11.4 Å². The van der Waals surface area contributed by atoms with Gasteiger partial charge >= 0.3 is 5.69 Å². The molecule has 1 saturated heterocycles. The van der Waals surface area contributed by atoms with Crippen LogP contribution in [0, 0.1) is 10.1 Å². The molecule has 2 rings (SSSR count). The number of anilines is 1. The number of rotatable bonds is 6. The number of nitrogens with one attached hydrogen (secondary N) is 1. The Balaban J connectivity index is 1.92. The molecule has 1 aliphatic heterocycles. The largest absolute Gasteiger partial charge is 0.490 e. The molecule has 6 heteroatoms. The Morgan fingerprint density at radius 1 is 1.42 bits per heavy atom. The van der Waals surface area contributed by atoms with Crippen molar-refractivity contribution >= 4 is 11.4 Å². The maximum atomic E-state index is 10.9. The minimum Gasteiger partial charge on any atom is -0.490 e. The summed E-state index contributed by atoms with van der Waals surface area (Å²) in [6.45, 7) is 4.08. The quantitative estimate of drug-likeness (QED) is 0.630. The van der Waals surface area contributed by atoms with E-state index in [0.29, 0.717) is 0 Å². The molecular formula is C13H19N3O3. The van der Waals surface area contributed by atoms with Gasteiger partial charge in [-0.3, -0.25) is 10.1 Å². The van der Waals surface area contributed by atoms with Crippen molar-refractivity contribution < 1.29 is 9.66 Å². The first-order chi connectivity index (χ1) is 9.20. The summed E-state index contributed by atoms with van der Waals surface area (Å²) in [5, 5.41) is 14.1. The molecule has 0 atom stereocenters. The second-order valence-electron chi connectivity index (χ2n) is 4.62. The van der Waals surface area contributed by atoms with Crippen molar-refractivity contribution in [3.05, 3.63) is 28.3 Å². The Morgan fingerprint density at radius 2 is 2.16 bits per heavy atom. The number of hydrogen-bond acceptors (Lipinski definition) is 5. The Morgan fingerprint density at radius 3 is 2.79 bits per heavy atom. The van der Waals surface area contributed by atoms with E-state index in [9.17, 15) is 10.1 Å². The number of benzene rings is 1. The van der Waals surface area contributed by atoms with Gasteiger partial charge in [0.2, 0.25) is 0 Å². The lowest BCUT2D eigenvalue weighted by atomic mass is 10.2. The lowest BCUT2D eigenvalue weighted by Gasteiger charge is -2.15. The summed E-state index contributed by atoms with van der Waals surface area (Å²) in [7, 11) is 1.43. The zero-order valence-electron chi connectivity index (χ0n) is 11.1. The molecule has 1 aliphatic rings. The molecular weight excluding hydrogens is 246 g/mol. The lowest BCUT2D eigenvalue weighted by Crippen LogP contribution is -2.25. The van der Waals surface area contributed by atoms with Gasteiger partial charge < -0.3 is 15.0 Å². The molecule has 1 aromatic rings. The smallest absolute Gasteiger partial charge is 0.312 e. The zero-order chi connectivity index (χ0) is 13.7. The topological polar surface area (TPSA) is 67.6 Å². The summed E-state index contributed by atoms with van der Waals surface area (Å²) in [6.07, 6.45) is 2.54. The average molecular weight is 265 g/mol. The second-order valence-corrected chi connectivity index (χ2v) is 4.62. The highest BCUT2D eigenvalue weighted by atomic mass is 16.6. The molecule has 104 valence electrons. The third-order valence-corrected chi connectivity index (χ3v) is 3.33. The van der Waals surface area contributed by atoms with Crippen molar-refractivity contribution in [2.75, 3.05) is 38.6 Å². The minimum atomic E-state index is -0.426.